The van der Waals surface area contributed by atoms with Crippen LogP contribution in [-0.4, -0.2) is 0 Å². The van der Waals surface area contributed by atoms with Crippen LogP contribution in [0.3, 0.4) is 0 Å². The lowest BCUT2D eigenvalue weighted by atomic mass is 10.0. The van der Waals surface area contributed by atoms with E-state index in [9.17, 15) is 0 Å². The van der Waals surface area contributed by atoms with E-state index in [0.717, 1.165) is 10.2 Å². The van der Waals surface area contributed by atoms with Crippen molar-refractivity contribution in [3.05, 3.63) is 56.2 Å². The van der Waals surface area contributed by atoms with E-state index in [2.05, 4.69) is 64.0 Å². The van der Waals surface area contributed by atoms with E-state index in [1.54, 1.807) is 11.3 Å². The van der Waals surface area contributed by atoms with Gasteiger partial charge in [-0.25, -0.2) is 0 Å². The fourth-order valence-electron chi connectivity index (χ4n) is 1.85. The van der Waals surface area contributed by atoms with Crippen LogP contribution in [0.25, 0.3) is 0 Å². The van der Waals surface area contributed by atoms with Crippen LogP contribution in [0, 0.1) is 6.92 Å². The molecular formula is C13H15BrN2S. The normalized spacial score (nSPS) is 12.6. The van der Waals surface area contributed by atoms with E-state index in [4.69, 9.17) is 5.84 Å². The fourth-order valence-corrected chi connectivity index (χ4v) is 3.08. The van der Waals surface area contributed by atoms with Crippen molar-refractivity contribution in [1.82, 2.24) is 5.43 Å². The number of aryl methyl sites for hydroxylation is 1. The Bertz CT molecular complexity index is 496. The maximum Gasteiger partial charge on any atom is 0.0701 e. The van der Waals surface area contributed by atoms with Gasteiger partial charge < -0.3 is 0 Å². The van der Waals surface area contributed by atoms with E-state index in [-0.39, 0.29) is 6.04 Å². The van der Waals surface area contributed by atoms with E-state index in [1.165, 1.54) is 16.7 Å². The summed E-state index contributed by atoms with van der Waals surface area (Å²) in [6.45, 7) is 2.11. The van der Waals surface area contributed by atoms with Crippen LogP contribution in [0.4, 0.5) is 0 Å². The van der Waals surface area contributed by atoms with Crippen LogP contribution in [0.2, 0.25) is 0 Å². The molecule has 1 atom stereocenters. The number of thiophene rings is 1. The van der Waals surface area contributed by atoms with Gasteiger partial charge in [0.05, 0.1) is 9.83 Å². The maximum absolute atomic E-state index is 5.64. The van der Waals surface area contributed by atoms with Crippen LogP contribution in [-0.2, 0) is 6.42 Å². The molecule has 2 rings (SSSR count). The second-order valence-corrected chi connectivity index (χ2v) is 6.39. The van der Waals surface area contributed by atoms with Gasteiger partial charge in [-0.15, -0.1) is 11.3 Å². The van der Waals surface area contributed by atoms with Crippen LogP contribution in [0.15, 0.2) is 39.5 Å². The molecule has 0 saturated heterocycles. The van der Waals surface area contributed by atoms with Crippen molar-refractivity contribution in [3.8, 4) is 0 Å². The van der Waals surface area contributed by atoms with E-state index in [1.807, 2.05) is 0 Å². The Morgan fingerprint density at radius 3 is 2.82 bits per heavy atom. The predicted octanol–water partition coefficient (Wildman–Crippen LogP) is 3.57. The van der Waals surface area contributed by atoms with Gasteiger partial charge in [-0.1, -0.05) is 29.8 Å². The third-order valence-corrected chi connectivity index (χ3v) is 4.24. The summed E-state index contributed by atoms with van der Waals surface area (Å²) < 4.78 is 1.14. The first-order valence-electron chi connectivity index (χ1n) is 5.44. The summed E-state index contributed by atoms with van der Waals surface area (Å²) in [4.78, 5) is 0. The predicted molar refractivity (Wildman–Crippen MR) is 77.0 cm³/mol. The molecule has 90 valence electrons. The number of nitrogens with one attached hydrogen (secondary N) is 1. The Hall–Kier alpha value is -0.680. The molecule has 17 heavy (non-hydrogen) atoms. The first kappa shape index (κ1) is 12.8. The Morgan fingerprint density at radius 2 is 2.24 bits per heavy atom. The van der Waals surface area contributed by atoms with Crippen molar-refractivity contribution in [2.24, 2.45) is 5.84 Å². The highest BCUT2D eigenvalue weighted by molar-refractivity contribution is 9.11. The summed E-state index contributed by atoms with van der Waals surface area (Å²) in [7, 11) is 0. The number of hydrogen-bond acceptors (Lipinski definition) is 3. The molecule has 3 N–H and O–H groups in total. The number of hydrogen-bond donors (Lipinski definition) is 2. The smallest absolute Gasteiger partial charge is 0.0701 e. The topological polar surface area (TPSA) is 38.0 Å². The summed E-state index contributed by atoms with van der Waals surface area (Å²) in [6, 6.07) is 10.8. The molecule has 0 aliphatic rings. The first-order chi connectivity index (χ1) is 8.19. The van der Waals surface area contributed by atoms with Crippen LogP contribution < -0.4 is 11.3 Å². The van der Waals surface area contributed by atoms with Crippen molar-refractivity contribution in [2.75, 3.05) is 0 Å². The molecule has 0 aliphatic heterocycles. The molecule has 0 aliphatic carbocycles. The average Bonchev–Trinajstić information content (AvgIpc) is 2.73. The van der Waals surface area contributed by atoms with Crippen molar-refractivity contribution in [3.63, 3.8) is 0 Å². The zero-order valence-corrected chi connectivity index (χ0v) is 12.0. The molecule has 0 radical (unpaired) electrons. The molecule has 1 unspecified atom stereocenters. The summed E-state index contributed by atoms with van der Waals surface area (Å²) in [5.41, 5.74) is 6.70. The summed E-state index contributed by atoms with van der Waals surface area (Å²) >= 11 is 5.16. The highest BCUT2D eigenvalue weighted by Gasteiger charge is 2.12. The standard InChI is InChI=1S/C13H15BrN2S/c1-9-3-2-4-10(5-9)6-12(16-15)11-7-13(14)17-8-11/h2-5,7-8,12,16H,6,15H2,1H3. The number of rotatable bonds is 4. The fraction of sp³-hybridized carbons (Fsp3) is 0.231. The molecule has 0 fully saturated rings. The average molecular weight is 311 g/mol. The summed E-state index contributed by atoms with van der Waals surface area (Å²) in [5, 5.41) is 2.13. The van der Waals surface area contributed by atoms with E-state index in [0.29, 0.717) is 0 Å². The van der Waals surface area contributed by atoms with Gasteiger partial charge in [0.1, 0.15) is 0 Å². The zero-order valence-electron chi connectivity index (χ0n) is 9.61. The van der Waals surface area contributed by atoms with Crippen molar-refractivity contribution >= 4 is 27.3 Å². The molecule has 1 aromatic heterocycles. The van der Waals surface area contributed by atoms with Crippen LogP contribution in [0.1, 0.15) is 22.7 Å². The van der Waals surface area contributed by atoms with Gasteiger partial charge in [0.2, 0.25) is 0 Å². The van der Waals surface area contributed by atoms with Gasteiger partial charge in [-0.3, -0.25) is 11.3 Å². The van der Waals surface area contributed by atoms with Crippen molar-refractivity contribution in [2.45, 2.75) is 19.4 Å². The summed E-state index contributed by atoms with van der Waals surface area (Å²) in [5.74, 6) is 5.64. The van der Waals surface area contributed by atoms with Gasteiger partial charge >= 0.3 is 0 Å². The lowest BCUT2D eigenvalue weighted by Crippen LogP contribution is -2.29. The second-order valence-electron chi connectivity index (χ2n) is 4.10. The number of hydrazine groups is 1. The second kappa shape index (κ2) is 5.78. The number of halogens is 1. The van der Waals surface area contributed by atoms with Gasteiger partial charge in [0.25, 0.3) is 0 Å². The summed E-state index contributed by atoms with van der Waals surface area (Å²) in [6.07, 6.45) is 0.904. The monoisotopic (exact) mass is 310 g/mol. The highest BCUT2D eigenvalue weighted by atomic mass is 79.9. The molecule has 0 spiro atoms. The number of benzene rings is 1. The molecule has 2 nitrogen and oxygen atoms in total. The minimum Gasteiger partial charge on any atom is -0.271 e. The van der Waals surface area contributed by atoms with Crippen molar-refractivity contribution < 1.29 is 0 Å². The lowest BCUT2D eigenvalue weighted by Gasteiger charge is -2.14. The molecular weight excluding hydrogens is 296 g/mol. The third kappa shape index (κ3) is 3.39. The lowest BCUT2D eigenvalue weighted by molar-refractivity contribution is 0.553. The number of nitrogens with two attached hydrogens (primary N) is 1. The Morgan fingerprint density at radius 1 is 1.41 bits per heavy atom. The quantitative estimate of drug-likeness (QED) is 0.669. The largest absolute Gasteiger partial charge is 0.271 e. The minimum absolute atomic E-state index is 0.166. The minimum atomic E-state index is 0.166. The third-order valence-electron chi connectivity index (χ3n) is 2.71. The molecule has 0 saturated carbocycles. The molecule has 2 aromatic rings. The van der Waals surface area contributed by atoms with Crippen LogP contribution >= 0.6 is 27.3 Å². The molecule has 0 bridgehead atoms. The van der Waals surface area contributed by atoms with E-state index >= 15 is 0 Å². The zero-order chi connectivity index (χ0) is 12.3. The van der Waals surface area contributed by atoms with Crippen LogP contribution in [0.5, 0.6) is 0 Å². The first-order valence-corrected chi connectivity index (χ1v) is 7.12. The highest BCUT2D eigenvalue weighted by Crippen LogP contribution is 2.27. The molecule has 0 amide bonds. The molecule has 1 aromatic carbocycles. The van der Waals surface area contributed by atoms with Crippen molar-refractivity contribution in [1.29, 1.82) is 0 Å². The van der Waals surface area contributed by atoms with Gasteiger partial charge in [0, 0.05) is 0 Å². The Balaban J connectivity index is 2.15. The Kier molecular flexibility index (Phi) is 4.34. The maximum atomic E-state index is 5.64. The van der Waals surface area contributed by atoms with Gasteiger partial charge in [-0.2, -0.15) is 0 Å². The van der Waals surface area contributed by atoms with E-state index < -0.39 is 0 Å². The van der Waals surface area contributed by atoms with Gasteiger partial charge in [-0.05, 0) is 51.8 Å². The Labute approximate surface area is 114 Å². The molecule has 4 heteroatoms. The molecule has 1 heterocycles. The van der Waals surface area contributed by atoms with Gasteiger partial charge in [0.15, 0.2) is 0 Å². The SMILES string of the molecule is Cc1cccc(CC(NN)c2csc(Br)c2)c1.